The van der Waals surface area contributed by atoms with Gasteiger partial charge in [-0.15, -0.1) is 0 Å². The fourth-order valence-corrected chi connectivity index (χ4v) is 7.67. The average Bonchev–Trinajstić information content (AvgIpc) is 3.65. The zero-order valence-electron chi connectivity index (χ0n) is 36.2. The summed E-state index contributed by atoms with van der Waals surface area (Å²) in [5, 5.41) is 14.9. The van der Waals surface area contributed by atoms with Crippen LogP contribution in [0.2, 0.25) is 0 Å². The first kappa shape index (κ1) is 47.8. The van der Waals surface area contributed by atoms with Crippen molar-refractivity contribution in [3.8, 4) is 0 Å². The van der Waals surface area contributed by atoms with Gasteiger partial charge in [0.15, 0.2) is 5.96 Å². The maximum Gasteiger partial charge on any atom is 0.246 e. The molecule has 7 amide bonds. The standard InChI is InChI=1S/C46H59N11O7/c1-46(2)25-39(59)50-20-21-57(28-38(47)58)44(64)37(24-31-27-52-33-17-10-9-16-32(31)33)56-41(61)34(18-11-19-51-45(48)49)54-43(63)36(23-30-14-7-4-8-15-30)55-42(62)35(53-40(60)26-46)22-29-12-5-3-6-13-29/h3-10,12-17,27,34-37,52H,11,18-26,28H2,1-2H3,(H2,47,58)(H,50,59)(H,53,60)(H,54,63)(H,55,62)(H,56,61)(H4,48,49,51)/t34-,35-,36+,37-/m0/s1. The van der Waals surface area contributed by atoms with Gasteiger partial charge in [-0.1, -0.05) is 92.7 Å². The number of rotatable bonds is 12. The number of amides is 7. The number of carbonyl (C=O) groups excluding carboxylic acids is 7. The molecule has 0 bridgehead atoms. The van der Waals surface area contributed by atoms with E-state index in [0.717, 1.165) is 21.4 Å². The number of aliphatic imine (C=N–C) groups is 1. The Balaban J connectivity index is 1.56. The van der Waals surface area contributed by atoms with Gasteiger partial charge < -0.3 is 53.7 Å². The molecule has 2 heterocycles. The number of hydrogen-bond donors (Lipinski definition) is 9. The molecule has 12 N–H and O–H groups in total. The number of benzene rings is 3. The Morgan fingerprint density at radius 3 is 1.86 bits per heavy atom. The second-order valence-corrected chi connectivity index (χ2v) is 16.8. The first-order valence-electron chi connectivity index (χ1n) is 21.3. The van der Waals surface area contributed by atoms with E-state index in [9.17, 15) is 33.6 Å². The van der Waals surface area contributed by atoms with Crippen LogP contribution in [0, 0.1) is 5.41 Å². The molecule has 18 heteroatoms. The van der Waals surface area contributed by atoms with Gasteiger partial charge >= 0.3 is 0 Å². The van der Waals surface area contributed by atoms with E-state index < -0.39 is 77.5 Å². The van der Waals surface area contributed by atoms with Gasteiger partial charge in [-0.2, -0.15) is 0 Å². The number of carbonyl (C=O) groups is 7. The molecule has 4 atom stereocenters. The number of H-pyrrole nitrogens is 1. The van der Waals surface area contributed by atoms with E-state index >= 15 is 0 Å². The highest BCUT2D eigenvalue weighted by Gasteiger charge is 2.35. The predicted octanol–water partition coefficient (Wildman–Crippen LogP) is 0.439. The van der Waals surface area contributed by atoms with Gasteiger partial charge in [0.05, 0.1) is 6.54 Å². The van der Waals surface area contributed by atoms with Gasteiger partial charge in [-0.05, 0) is 41.0 Å². The van der Waals surface area contributed by atoms with Crippen molar-refractivity contribution in [2.45, 2.75) is 83.0 Å². The van der Waals surface area contributed by atoms with Crippen LogP contribution < -0.4 is 43.8 Å². The fraction of sp³-hybridized carbons (Fsp3) is 0.391. The number of nitrogens with one attached hydrogen (secondary N) is 6. The number of guanidine groups is 1. The number of hydrogen-bond acceptors (Lipinski definition) is 8. The Hall–Kier alpha value is -7.24. The summed E-state index contributed by atoms with van der Waals surface area (Å²) in [5.41, 5.74) is 18.8. The monoisotopic (exact) mass is 877 g/mol. The summed E-state index contributed by atoms with van der Waals surface area (Å²) >= 11 is 0. The van der Waals surface area contributed by atoms with Crippen molar-refractivity contribution in [2.75, 3.05) is 26.2 Å². The molecule has 1 aliphatic rings. The van der Waals surface area contributed by atoms with Crippen molar-refractivity contribution in [1.29, 1.82) is 0 Å². The van der Waals surface area contributed by atoms with Gasteiger partial charge in [0, 0.05) is 68.8 Å². The maximum absolute atomic E-state index is 14.5. The summed E-state index contributed by atoms with van der Waals surface area (Å²) in [7, 11) is 0. The molecule has 1 aromatic heterocycles. The quantitative estimate of drug-likeness (QED) is 0.0542. The molecule has 0 aliphatic carbocycles. The third-order valence-corrected chi connectivity index (χ3v) is 10.8. The molecule has 18 nitrogen and oxygen atoms in total. The molecule has 1 saturated heterocycles. The molecule has 0 saturated carbocycles. The van der Waals surface area contributed by atoms with Crippen molar-refractivity contribution in [3.63, 3.8) is 0 Å². The Kier molecular flexibility index (Phi) is 17.0. The number of nitrogens with two attached hydrogens (primary N) is 3. The van der Waals surface area contributed by atoms with Crippen molar-refractivity contribution < 1.29 is 33.6 Å². The molecule has 0 radical (unpaired) electrons. The van der Waals surface area contributed by atoms with E-state index in [1.165, 1.54) is 0 Å². The highest BCUT2D eigenvalue weighted by atomic mass is 16.2. The number of aromatic amines is 1. The van der Waals surface area contributed by atoms with Crippen LogP contribution in [0.3, 0.4) is 0 Å². The summed E-state index contributed by atoms with van der Waals surface area (Å²) in [6.45, 7) is 2.83. The van der Waals surface area contributed by atoms with Crippen molar-refractivity contribution >= 4 is 58.2 Å². The van der Waals surface area contributed by atoms with Crippen LogP contribution in [-0.4, -0.2) is 108 Å². The van der Waals surface area contributed by atoms with Gasteiger partial charge in [0.1, 0.15) is 24.2 Å². The normalized spacial score (nSPS) is 20.8. The number of nitrogens with zero attached hydrogens (tertiary/aromatic N) is 2. The first-order valence-corrected chi connectivity index (χ1v) is 21.3. The van der Waals surface area contributed by atoms with Gasteiger partial charge in [-0.25, -0.2) is 0 Å². The minimum atomic E-state index is -1.29. The van der Waals surface area contributed by atoms with Crippen molar-refractivity contribution in [3.05, 3.63) is 108 Å². The lowest BCUT2D eigenvalue weighted by Crippen LogP contribution is -2.59. The van der Waals surface area contributed by atoms with Crippen LogP contribution in [0.15, 0.2) is 96.1 Å². The Morgan fingerprint density at radius 1 is 0.688 bits per heavy atom. The topological polar surface area (TPSA) is 289 Å². The number of aromatic nitrogens is 1. The third-order valence-electron chi connectivity index (χ3n) is 10.8. The smallest absolute Gasteiger partial charge is 0.246 e. The lowest BCUT2D eigenvalue weighted by atomic mass is 9.84. The number of primary amides is 1. The lowest BCUT2D eigenvalue weighted by Gasteiger charge is -2.29. The van der Waals surface area contributed by atoms with Gasteiger partial charge in [-0.3, -0.25) is 38.6 Å². The summed E-state index contributed by atoms with van der Waals surface area (Å²) in [6.07, 6.45) is 1.79. The highest BCUT2D eigenvalue weighted by Crippen LogP contribution is 2.25. The second kappa shape index (κ2) is 22.7. The van der Waals surface area contributed by atoms with Crippen LogP contribution in [0.4, 0.5) is 0 Å². The summed E-state index contributed by atoms with van der Waals surface area (Å²) in [5.74, 6) is -4.68. The zero-order valence-corrected chi connectivity index (χ0v) is 36.2. The SMILES string of the molecule is CC1(C)CC(=O)NCCN(CC(N)=O)C(=O)[C@H](Cc2c[nH]c3ccccc23)NC(=O)[C@H](CCCN=C(N)N)NC(=O)[C@@H](Cc2ccccc2)NC(=O)[C@H](Cc2ccccc2)NC(=O)C1. The Bertz CT molecular complexity index is 2290. The Morgan fingerprint density at radius 2 is 1.23 bits per heavy atom. The molecule has 0 unspecified atom stereocenters. The van der Waals surface area contributed by atoms with E-state index in [0.29, 0.717) is 11.1 Å². The second-order valence-electron chi connectivity index (χ2n) is 16.8. The largest absolute Gasteiger partial charge is 0.370 e. The molecule has 1 fully saturated rings. The van der Waals surface area contributed by atoms with E-state index in [4.69, 9.17) is 17.2 Å². The Labute approximate surface area is 371 Å². The van der Waals surface area contributed by atoms with Crippen LogP contribution in [0.25, 0.3) is 10.9 Å². The first-order chi connectivity index (χ1) is 30.6. The van der Waals surface area contributed by atoms with E-state index in [2.05, 4.69) is 36.6 Å². The van der Waals surface area contributed by atoms with Crippen LogP contribution in [0.1, 0.15) is 56.2 Å². The summed E-state index contributed by atoms with van der Waals surface area (Å²) in [6, 6.07) is 20.5. The average molecular weight is 878 g/mol. The molecule has 64 heavy (non-hydrogen) atoms. The molecule has 5 rings (SSSR count). The predicted molar refractivity (Wildman–Crippen MR) is 242 cm³/mol. The minimum Gasteiger partial charge on any atom is -0.370 e. The fourth-order valence-electron chi connectivity index (χ4n) is 7.67. The molecule has 4 aromatic rings. The van der Waals surface area contributed by atoms with E-state index in [1.807, 2.05) is 48.5 Å². The third kappa shape index (κ3) is 14.7. The molecule has 0 spiro atoms. The van der Waals surface area contributed by atoms with Gasteiger partial charge in [0.2, 0.25) is 41.4 Å². The summed E-state index contributed by atoms with van der Waals surface area (Å²) < 4.78 is 0. The zero-order chi connectivity index (χ0) is 46.2. The maximum atomic E-state index is 14.5. The minimum absolute atomic E-state index is 0.00780. The van der Waals surface area contributed by atoms with Crippen LogP contribution >= 0.6 is 0 Å². The van der Waals surface area contributed by atoms with Crippen molar-refractivity contribution in [2.24, 2.45) is 27.6 Å². The summed E-state index contributed by atoms with van der Waals surface area (Å²) in [4.78, 5) is 106. The van der Waals surface area contributed by atoms with E-state index in [-0.39, 0.29) is 70.5 Å². The van der Waals surface area contributed by atoms with Crippen LogP contribution in [-0.2, 0) is 52.8 Å². The molecule has 3 aromatic carbocycles. The van der Waals surface area contributed by atoms with Crippen molar-refractivity contribution in [1.82, 2.24) is 36.5 Å². The molecular weight excluding hydrogens is 819 g/mol. The molecule has 1 aliphatic heterocycles. The molecule has 340 valence electrons. The number of fused-ring (bicyclic) bond motifs is 1. The van der Waals surface area contributed by atoms with E-state index in [1.54, 1.807) is 56.4 Å². The van der Waals surface area contributed by atoms with Crippen LogP contribution in [0.5, 0.6) is 0 Å². The molecular formula is C46H59N11O7. The lowest BCUT2D eigenvalue weighted by molar-refractivity contribution is -0.139. The van der Waals surface area contributed by atoms with Gasteiger partial charge in [0.25, 0.3) is 0 Å². The number of para-hydroxylation sites is 1. The highest BCUT2D eigenvalue weighted by molar-refractivity contribution is 5.97.